The number of hydrogen-bond donors (Lipinski definition) is 0. The Morgan fingerprint density at radius 1 is 1.09 bits per heavy atom. The zero-order valence-corrected chi connectivity index (χ0v) is 13.7. The van der Waals surface area contributed by atoms with Crippen molar-refractivity contribution >= 4 is 17.4 Å². The number of hydrogen-bond acceptors (Lipinski definition) is 3. The van der Waals surface area contributed by atoms with E-state index in [-0.39, 0.29) is 11.8 Å². The minimum atomic E-state index is -0.0666. The molecular weight excluding hydrogens is 274 g/mol. The smallest absolute Gasteiger partial charge is 0.231 e. The minimum absolute atomic E-state index is 0.0666. The average molecular weight is 297 g/mol. The molecule has 0 saturated carbocycles. The van der Waals surface area contributed by atoms with Gasteiger partial charge in [0.25, 0.3) is 0 Å². The van der Waals surface area contributed by atoms with E-state index in [0.717, 1.165) is 11.3 Å². The molecule has 4 nitrogen and oxygen atoms in total. The van der Waals surface area contributed by atoms with Crippen LogP contribution < -0.4 is 9.80 Å². The van der Waals surface area contributed by atoms with Gasteiger partial charge in [0.05, 0.1) is 6.54 Å². The maximum atomic E-state index is 12.5. The molecule has 0 atom stereocenters. The van der Waals surface area contributed by atoms with Gasteiger partial charge in [-0.25, -0.2) is 4.98 Å². The van der Waals surface area contributed by atoms with Gasteiger partial charge in [-0.2, -0.15) is 0 Å². The first-order valence-corrected chi connectivity index (χ1v) is 7.47. The van der Waals surface area contributed by atoms with Gasteiger partial charge in [0.2, 0.25) is 5.91 Å². The number of rotatable bonds is 5. The normalized spacial score (nSPS) is 10.6. The number of carbonyl (C=O) groups excluding carboxylic acids is 1. The third-order valence-electron chi connectivity index (χ3n) is 3.48. The number of nitrogens with zero attached hydrogens (tertiary/aromatic N) is 3. The molecule has 1 heterocycles. The predicted octanol–water partition coefficient (Wildman–Crippen LogP) is 3.34. The van der Waals surface area contributed by atoms with Gasteiger partial charge >= 0.3 is 0 Å². The summed E-state index contributed by atoms with van der Waals surface area (Å²) in [6.07, 6.45) is 1.71. The van der Waals surface area contributed by atoms with Gasteiger partial charge in [0.1, 0.15) is 5.82 Å². The Labute approximate surface area is 132 Å². The lowest BCUT2D eigenvalue weighted by molar-refractivity contribution is -0.121. The summed E-state index contributed by atoms with van der Waals surface area (Å²) in [5.41, 5.74) is 2.23. The van der Waals surface area contributed by atoms with Crippen LogP contribution in [0.3, 0.4) is 0 Å². The second kappa shape index (κ2) is 7.07. The molecule has 0 spiro atoms. The van der Waals surface area contributed by atoms with Crippen LogP contribution >= 0.6 is 0 Å². The largest absolute Gasteiger partial charge is 0.378 e. The Kier molecular flexibility index (Phi) is 5.15. The van der Waals surface area contributed by atoms with Crippen LogP contribution in [0, 0.1) is 5.92 Å². The first-order chi connectivity index (χ1) is 10.5. The summed E-state index contributed by atoms with van der Waals surface area (Å²) in [7, 11) is 4.02. The predicted molar refractivity (Wildman–Crippen MR) is 91.0 cm³/mol. The van der Waals surface area contributed by atoms with Crippen molar-refractivity contribution in [1.29, 1.82) is 0 Å². The van der Waals surface area contributed by atoms with Crippen LogP contribution in [0.2, 0.25) is 0 Å². The maximum Gasteiger partial charge on any atom is 0.231 e. The lowest BCUT2D eigenvalue weighted by Gasteiger charge is -2.24. The molecule has 0 aliphatic heterocycles. The Hall–Kier alpha value is -2.36. The fourth-order valence-electron chi connectivity index (χ4n) is 2.18. The molecule has 0 fully saturated rings. The highest BCUT2D eigenvalue weighted by molar-refractivity contribution is 5.93. The molecule has 0 bridgehead atoms. The Bertz CT molecular complexity index is 606. The molecule has 0 aliphatic rings. The van der Waals surface area contributed by atoms with E-state index in [2.05, 4.69) is 34.1 Å². The van der Waals surface area contributed by atoms with Crippen molar-refractivity contribution in [2.45, 2.75) is 20.4 Å². The Morgan fingerprint density at radius 3 is 2.27 bits per heavy atom. The summed E-state index contributed by atoms with van der Waals surface area (Å²) in [4.78, 5) is 20.6. The van der Waals surface area contributed by atoms with Crippen molar-refractivity contribution in [1.82, 2.24) is 4.98 Å². The van der Waals surface area contributed by atoms with Crippen LogP contribution in [0.4, 0.5) is 11.5 Å². The molecule has 4 heteroatoms. The standard InChI is InChI=1S/C18H23N3O/c1-14(2)18(22)21(17-7-5-6-12-19-17)13-15-8-10-16(11-9-15)20(3)4/h5-12,14H,13H2,1-4H3. The van der Waals surface area contributed by atoms with E-state index in [1.165, 1.54) is 0 Å². The fraction of sp³-hybridized carbons (Fsp3) is 0.333. The molecule has 116 valence electrons. The number of benzene rings is 1. The van der Waals surface area contributed by atoms with Crippen molar-refractivity contribution in [2.75, 3.05) is 23.9 Å². The highest BCUT2D eigenvalue weighted by Crippen LogP contribution is 2.19. The molecule has 1 amide bonds. The number of anilines is 2. The molecule has 0 saturated heterocycles. The average Bonchev–Trinajstić information content (AvgIpc) is 2.53. The van der Waals surface area contributed by atoms with Gasteiger partial charge in [0.15, 0.2) is 0 Å². The Morgan fingerprint density at radius 2 is 1.77 bits per heavy atom. The van der Waals surface area contributed by atoms with Crippen LogP contribution in [-0.4, -0.2) is 25.0 Å². The van der Waals surface area contributed by atoms with Gasteiger partial charge in [0, 0.05) is 31.9 Å². The number of pyridine rings is 1. The van der Waals surface area contributed by atoms with Gasteiger partial charge in [-0.3, -0.25) is 9.69 Å². The number of aromatic nitrogens is 1. The topological polar surface area (TPSA) is 36.4 Å². The van der Waals surface area contributed by atoms with Crippen LogP contribution in [0.1, 0.15) is 19.4 Å². The van der Waals surface area contributed by atoms with E-state index in [1.54, 1.807) is 11.1 Å². The van der Waals surface area contributed by atoms with Gasteiger partial charge in [-0.15, -0.1) is 0 Å². The van der Waals surface area contributed by atoms with E-state index in [0.29, 0.717) is 12.4 Å². The van der Waals surface area contributed by atoms with Gasteiger partial charge in [-0.05, 0) is 29.8 Å². The van der Waals surface area contributed by atoms with Crippen LogP contribution in [-0.2, 0) is 11.3 Å². The van der Waals surface area contributed by atoms with Crippen molar-refractivity contribution < 1.29 is 4.79 Å². The lowest BCUT2D eigenvalue weighted by atomic mass is 10.1. The zero-order chi connectivity index (χ0) is 16.1. The van der Waals surface area contributed by atoms with E-state index < -0.39 is 0 Å². The molecule has 1 aromatic carbocycles. The molecule has 0 radical (unpaired) electrons. The minimum Gasteiger partial charge on any atom is -0.378 e. The summed E-state index contributed by atoms with van der Waals surface area (Å²) < 4.78 is 0. The lowest BCUT2D eigenvalue weighted by Crippen LogP contribution is -2.34. The van der Waals surface area contributed by atoms with Crippen LogP contribution in [0.15, 0.2) is 48.7 Å². The van der Waals surface area contributed by atoms with E-state index in [9.17, 15) is 4.79 Å². The highest BCUT2D eigenvalue weighted by Gasteiger charge is 2.20. The third-order valence-corrected chi connectivity index (χ3v) is 3.48. The first-order valence-electron chi connectivity index (χ1n) is 7.47. The Balaban J connectivity index is 2.25. The second-order valence-electron chi connectivity index (χ2n) is 5.83. The van der Waals surface area contributed by atoms with Gasteiger partial charge in [-0.1, -0.05) is 32.0 Å². The van der Waals surface area contributed by atoms with Crippen LogP contribution in [0.5, 0.6) is 0 Å². The molecule has 0 unspecified atom stereocenters. The highest BCUT2D eigenvalue weighted by atomic mass is 16.2. The molecule has 1 aromatic heterocycles. The van der Waals surface area contributed by atoms with E-state index in [1.807, 2.05) is 46.1 Å². The monoisotopic (exact) mass is 297 g/mol. The number of amides is 1. The van der Waals surface area contributed by atoms with Crippen LogP contribution in [0.25, 0.3) is 0 Å². The van der Waals surface area contributed by atoms with Crippen molar-refractivity contribution in [3.63, 3.8) is 0 Å². The summed E-state index contributed by atoms with van der Waals surface area (Å²) in [6.45, 7) is 4.35. The third kappa shape index (κ3) is 3.85. The fourth-order valence-corrected chi connectivity index (χ4v) is 2.18. The van der Waals surface area contributed by atoms with E-state index >= 15 is 0 Å². The summed E-state index contributed by atoms with van der Waals surface area (Å²) in [5, 5.41) is 0. The van der Waals surface area contributed by atoms with Gasteiger partial charge < -0.3 is 4.90 Å². The van der Waals surface area contributed by atoms with Crippen molar-refractivity contribution in [3.8, 4) is 0 Å². The number of carbonyl (C=O) groups is 1. The SMILES string of the molecule is CC(C)C(=O)N(Cc1ccc(N(C)C)cc1)c1ccccn1. The molecule has 2 aromatic rings. The maximum absolute atomic E-state index is 12.5. The van der Waals surface area contributed by atoms with Crippen molar-refractivity contribution in [2.24, 2.45) is 5.92 Å². The summed E-state index contributed by atoms with van der Waals surface area (Å²) >= 11 is 0. The summed E-state index contributed by atoms with van der Waals surface area (Å²) in [6, 6.07) is 13.9. The zero-order valence-electron chi connectivity index (χ0n) is 13.7. The molecule has 2 rings (SSSR count). The summed E-state index contributed by atoms with van der Waals surface area (Å²) in [5.74, 6) is 0.705. The molecule has 0 aliphatic carbocycles. The molecule has 0 N–H and O–H groups in total. The van der Waals surface area contributed by atoms with Crippen molar-refractivity contribution in [3.05, 3.63) is 54.2 Å². The molecule has 22 heavy (non-hydrogen) atoms. The van der Waals surface area contributed by atoms with E-state index in [4.69, 9.17) is 0 Å². The quantitative estimate of drug-likeness (QED) is 0.849. The first kappa shape index (κ1) is 16.0. The second-order valence-corrected chi connectivity index (χ2v) is 5.83. The molecular formula is C18H23N3O.